The zero-order valence-electron chi connectivity index (χ0n) is 12.5. The number of para-hydroxylation sites is 1. The van der Waals surface area contributed by atoms with Crippen molar-refractivity contribution in [2.45, 2.75) is 39.2 Å². The summed E-state index contributed by atoms with van der Waals surface area (Å²) in [5.74, 6) is 0.726. The highest BCUT2D eigenvalue weighted by atomic mass is 16.3. The largest absolute Gasteiger partial charge is 0.450 e. The van der Waals surface area contributed by atoms with Gasteiger partial charge in [-0.1, -0.05) is 18.2 Å². The van der Waals surface area contributed by atoms with E-state index < -0.39 is 0 Å². The third-order valence-electron chi connectivity index (χ3n) is 4.31. The Kier molecular flexibility index (Phi) is 3.72. The van der Waals surface area contributed by atoms with Gasteiger partial charge < -0.3 is 14.8 Å². The molecule has 112 valence electrons. The van der Waals surface area contributed by atoms with Crippen LogP contribution in [0.4, 0.5) is 0 Å². The number of furan rings is 1. The van der Waals surface area contributed by atoms with E-state index in [2.05, 4.69) is 5.32 Å². The number of carbonyl (C=O) groups is 1. The Bertz CT molecular complexity index is 670. The van der Waals surface area contributed by atoms with Crippen LogP contribution in [0.15, 0.2) is 22.6 Å². The Morgan fingerprint density at radius 3 is 2.81 bits per heavy atom. The van der Waals surface area contributed by atoms with E-state index in [-0.39, 0.29) is 18.6 Å². The number of aliphatic hydroxyl groups is 1. The molecular weight excluding hydrogens is 266 g/mol. The summed E-state index contributed by atoms with van der Waals surface area (Å²) < 4.78 is 5.80. The molecule has 0 bridgehead atoms. The van der Waals surface area contributed by atoms with Gasteiger partial charge in [0.2, 0.25) is 0 Å². The minimum absolute atomic E-state index is 0.0520. The van der Waals surface area contributed by atoms with E-state index in [1.54, 1.807) is 0 Å². The van der Waals surface area contributed by atoms with Gasteiger partial charge in [0.05, 0.1) is 0 Å². The van der Waals surface area contributed by atoms with Crippen LogP contribution in [0.3, 0.4) is 0 Å². The van der Waals surface area contributed by atoms with Crippen molar-refractivity contribution in [3.63, 3.8) is 0 Å². The SMILES string of the molecule is Cc1c(C(=O)NC(CCO)C2CC2)oc2c(C)cccc12. The first-order valence-electron chi connectivity index (χ1n) is 7.52. The summed E-state index contributed by atoms with van der Waals surface area (Å²) in [7, 11) is 0. The van der Waals surface area contributed by atoms with E-state index in [0.29, 0.717) is 18.1 Å². The lowest BCUT2D eigenvalue weighted by Gasteiger charge is -2.16. The number of aliphatic hydroxyl groups excluding tert-OH is 1. The number of aryl methyl sites for hydroxylation is 2. The van der Waals surface area contributed by atoms with Crippen LogP contribution in [0, 0.1) is 19.8 Å². The van der Waals surface area contributed by atoms with E-state index >= 15 is 0 Å². The molecule has 1 heterocycles. The van der Waals surface area contributed by atoms with E-state index in [1.807, 2.05) is 32.0 Å². The molecular formula is C17H21NO3. The molecule has 2 aromatic rings. The molecule has 1 atom stereocenters. The monoisotopic (exact) mass is 287 g/mol. The fourth-order valence-corrected chi connectivity index (χ4v) is 2.90. The maximum atomic E-state index is 12.5. The second-order valence-electron chi connectivity index (χ2n) is 5.94. The molecule has 1 amide bonds. The summed E-state index contributed by atoms with van der Waals surface area (Å²) in [6.45, 7) is 3.99. The van der Waals surface area contributed by atoms with Gasteiger partial charge in [0.15, 0.2) is 5.76 Å². The molecule has 4 nitrogen and oxygen atoms in total. The second-order valence-corrected chi connectivity index (χ2v) is 5.94. The summed E-state index contributed by atoms with van der Waals surface area (Å²) in [5, 5.41) is 13.1. The Morgan fingerprint density at radius 2 is 2.19 bits per heavy atom. The zero-order valence-corrected chi connectivity index (χ0v) is 12.5. The van der Waals surface area contributed by atoms with Gasteiger partial charge >= 0.3 is 0 Å². The van der Waals surface area contributed by atoms with Gasteiger partial charge in [-0.25, -0.2) is 0 Å². The van der Waals surface area contributed by atoms with E-state index in [4.69, 9.17) is 9.52 Å². The summed E-state index contributed by atoms with van der Waals surface area (Å²) in [6, 6.07) is 5.98. The Morgan fingerprint density at radius 1 is 1.43 bits per heavy atom. The predicted octanol–water partition coefficient (Wildman–Crippen LogP) is 2.94. The van der Waals surface area contributed by atoms with Crippen molar-refractivity contribution in [1.82, 2.24) is 5.32 Å². The predicted molar refractivity (Wildman–Crippen MR) is 81.4 cm³/mol. The maximum Gasteiger partial charge on any atom is 0.287 e. The van der Waals surface area contributed by atoms with Crippen LogP contribution in [-0.4, -0.2) is 23.7 Å². The van der Waals surface area contributed by atoms with Crippen LogP contribution in [0.25, 0.3) is 11.0 Å². The minimum Gasteiger partial charge on any atom is -0.450 e. The van der Waals surface area contributed by atoms with Crippen molar-refractivity contribution in [1.29, 1.82) is 0 Å². The van der Waals surface area contributed by atoms with Gasteiger partial charge in [0.25, 0.3) is 5.91 Å². The van der Waals surface area contributed by atoms with Crippen molar-refractivity contribution >= 4 is 16.9 Å². The Hall–Kier alpha value is -1.81. The fourth-order valence-electron chi connectivity index (χ4n) is 2.90. The first kappa shape index (κ1) is 14.1. The summed E-state index contributed by atoms with van der Waals surface area (Å²) in [5.41, 5.74) is 2.69. The molecule has 1 aromatic heterocycles. The van der Waals surface area contributed by atoms with Gasteiger partial charge in [0.1, 0.15) is 5.58 Å². The van der Waals surface area contributed by atoms with E-state index in [0.717, 1.165) is 34.9 Å². The second kappa shape index (κ2) is 5.53. The molecule has 0 spiro atoms. The summed E-state index contributed by atoms with van der Waals surface area (Å²) in [6.07, 6.45) is 2.86. The van der Waals surface area contributed by atoms with Crippen molar-refractivity contribution < 1.29 is 14.3 Å². The lowest BCUT2D eigenvalue weighted by Crippen LogP contribution is -2.37. The van der Waals surface area contributed by atoms with Gasteiger partial charge in [-0.2, -0.15) is 0 Å². The van der Waals surface area contributed by atoms with Gasteiger partial charge in [-0.3, -0.25) is 4.79 Å². The molecule has 3 rings (SSSR count). The topological polar surface area (TPSA) is 62.5 Å². The smallest absolute Gasteiger partial charge is 0.287 e. The maximum absolute atomic E-state index is 12.5. The highest BCUT2D eigenvalue weighted by Gasteiger charge is 2.33. The van der Waals surface area contributed by atoms with Crippen molar-refractivity contribution in [2.24, 2.45) is 5.92 Å². The molecule has 4 heteroatoms. The number of rotatable bonds is 5. The van der Waals surface area contributed by atoms with Gasteiger partial charge in [-0.05, 0) is 44.6 Å². The number of carbonyl (C=O) groups excluding carboxylic acids is 1. The van der Waals surface area contributed by atoms with Crippen LogP contribution < -0.4 is 5.32 Å². The average Bonchev–Trinajstić information content (AvgIpc) is 3.24. The molecule has 0 aliphatic heterocycles. The molecule has 1 saturated carbocycles. The number of benzene rings is 1. The zero-order chi connectivity index (χ0) is 15.0. The third kappa shape index (κ3) is 2.68. The molecule has 1 fully saturated rings. The molecule has 21 heavy (non-hydrogen) atoms. The van der Waals surface area contributed by atoms with Crippen molar-refractivity contribution in [3.05, 3.63) is 35.1 Å². The first-order chi connectivity index (χ1) is 10.1. The molecule has 1 aromatic carbocycles. The van der Waals surface area contributed by atoms with Crippen molar-refractivity contribution in [3.8, 4) is 0 Å². The van der Waals surface area contributed by atoms with Gasteiger partial charge in [-0.15, -0.1) is 0 Å². The summed E-state index contributed by atoms with van der Waals surface area (Å²) in [4.78, 5) is 12.5. The Labute approximate surface area is 124 Å². The van der Waals surface area contributed by atoms with Crippen LogP contribution in [0.2, 0.25) is 0 Å². The van der Waals surface area contributed by atoms with Gasteiger partial charge in [0, 0.05) is 23.6 Å². The first-order valence-corrected chi connectivity index (χ1v) is 7.52. The lowest BCUT2D eigenvalue weighted by atomic mass is 10.1. The number of fused-ring (bicyclic) bond motifs is 1. The van der Waals surface area contributed by atoms with Crippen LogP contribution in [0.5, 0.6) is 0 Å². The van der Waals surface area contributed by atoms with E-state index in [1.165, 1.54) is 0 Å². The Balaban J connectivity index is 1.87. The third-order valence-corrected chi connectivity index (χ3v) is 4.31. The molecule has 1 aliphatic rings. The number of hydrogen-bond acceptors (Lipinski definition) is 3. The van der Waals surface area contributed by atoms with Crippen LogP contribution in [0.1, 0.15) is 40.9 Å². The number of hydrogen-bond donors (Lipinski definition) is 2. The molecule has 0 radical (unpaired) electrons. The fraction of sp³-hybridized carbons (Fsp3) is 0.471. The number of amides is 1. The highest BCUT2D eigenvalue weighted by molar-refractivity contribution is 5.99. The van der Waals surface area contributed by atoms with Crippen LogP contribution >= 0.6 is 0 Å². The number of nitrogens with one attached hydrogen (secondary N) is 1. The quantitative estimate of drug-likeness (QED) is 0.888. The van der Waals surface area contributed by atoms with Crippen LogP contribution in [-0.2, 0) is 0 Å². The molecule has 0 saturated heterocycles. The molecule has 2 N–H and O–H groups in total. The summed E-state index contributed by atoms with van der Waals surface area (Å²) >= 11 is 0. The standard InChI is InChI=1S/C17H21NO3/c1-10-4-3-5-13-11(2)16(21-15(10)13)17(20)18-14(8-9-19)12-6-7-12/h3-5,12,14,19H,6-9H2,1-2H3,(H,18,20). The van der Waals surface area contributed by atoms with Crippen molar-refractivity contribution in [2.75, 3.05) is 6.61 Å². The molecule has 1 unspecified atom stereocenters. The van der Waals surface area contributed by atoms with E-state index in [9.17, 15) is 4.79 Å². The lowest BCUT2D eigenvalue weighted by molar-refractivity contribution is 0.0897. The minimum atomic E-state index is -0.173. The normalized spacial score (nSPS) is 16.1. The molecule has 1 aliphatic carbocycles. The highest BCUT2D eigenvalue weighted by Crippen LogP contribution is 2.34. The average molecular weight is 287 g/mol.